The number of hydrogen-bond acceptors (Lipinski definition) is 6. The van der Waals surface area contributed by atoms with Crippen molar-refractivity contribution in [2.24, 2.45) is 0 Å². The van der Waals surface area contributed by atoms with Crippen LogP contribution in [0.25, 0.3) is 0 Å². The molecule has 2 aromatic rings. The summed E-state index contributed by atoms with van der Waals surface area (Å²) in [6.45, 7) is 6.91. The van der Waals surface area contributed by atoms with Crippen molar-refractivity contribution < 1.29 is 13.2 Å². The van der Waals surface area contributed by atoms with Crippen molar-refractivity contribution in [2.75, 3.05) is 35.8 Å². The number of hydrogen-bond donors (Lipinski definition) is 3. The lowest BCUT2D eigenvalue weighted by atomic mass is 10.1. The van der Waals surface area contributed by atoms with E-state index in [1.807, 2.05) is 18.7 Å². The number of halogens is 1. The molecule has 0 spiro atoms. The van der Waals surface area contributed by atoms with E-state index in [-0.39, 0.29) is 22.5 Å². The van der Waals surface area contributed by atoms with Gasteiger partial charge in [-0.3, -0.25) is 9.52 Å². The Morgan fingerprint density at radius 1 is 1.27 bits per heavy atom. The fourth-order valence-electron chi connectivity index (χ4n) is 3.04. The molecule has 1 saturated heterocycles. The van der Waals surface area contributed by atoms with Crippen molar-refractivity contribution in [3.05, 3.63) is 47.1 Å². The summed E-state index contributed by atoms with van der Waals surface area (Å²) in [4.78, 5) is 19.5. The predicted octanol–water partition coefficient (Wildman–Crippen LogP) is 2.47. The van der Waals surface area contributed by atoms with Gasteiger partial charge < -0.3 is 15.5 Å². The van der Waals surface area contributed by atoms with Crippen LogP contribution < -0.4 is 20.3 Å². The van der Waals surface area contributed by atoms with Crippen LogP contribution in [0.1, 0.15) is 30.6 Å². The molecule has 8 nitrogen and oxygen atoms in total. The zero-order valence-corrected chi connectivity index (χ0v) is 18.6. The average molecular weight is 452 g/mol. The first-order valence-electron chi connectivity index (χ1n) is 9.85. The summed E-state index contributed by atoms with van der Waals surface area (Å²) in [7, 11) is -3.84. The van der Waals surface area contributed by atoms with Crippen LogP contribution in [-0.4, -0.2) is 51.5 Å². The molecule has 0 bridgehead atoms. The lowest BCUT2D eigenvalue weighted by Gasteiger charge is -2.30. The summed E-state index contributed by atoms with van der Waals surface area (Å²) in [5, 5.41) is 6.65. The van der Waals surface area contributed by atoms with Crippen LogP contribution in [-0.2, 0) is 10.0 Å². The van der Waals surface area contributed by atoms with E-state index >= 15 is 0 Å². The topological polar surface area (TPSA) is 103 Å². The highest BCUT2D eigenvalue weighted by Gasteiger charge is 2.23. The molecule has 1 atom stereocenters. The first-order valence-corrected chi connectivity index (χ1v) is 11.7. The van der Waals surface area contributed by atoms with E-state index in [9.17, 15) is 13.2 Å². The summed E-state index contributed by atoms with van der Waals surface area (Å²) >= 11 is 5.84. The zero-order chi connectivity index (χ0) is 21.7. The number of pyridine rings is 1. The number of rotatable bonds is 7. The molecule has 1 aliphatic rings. The Kier molecular flexibility index (Phi) is 7.17. The Balaban J connectivity index is 1.92. The lowest BCUT2D eigenvalue weighted by Crippen LogP contribution is -2.45. The van der Waals surface area contributed by atoms with Crippen molar-refractivity contribution in [1.82, 2.24) is 15.6 Å². The van der Waals surface area contributed by atoms with E-state index in [0.29, 0.717) is 29.5 Å². The third-order valence-electron chi connectivity index (χ3n) is 4.89. The average Bonchev–Trinajstić information content (AvgIpc) is 2.74. The van der Waals surface area contributed by atoms with Gasteiger partial charge in [0, 0.05) is 37.2 Å². The minimum absolute atomic E-state index is 0.0113. The molecular weight excluding hydrogens is 426 g/mol. The van der Waals surface area contributed by atoms with Crippen LogP contribution in [0.2, 0.25) is 5.02 Å². The van der Waals surface area contributed by atoms with Crippen LogP contribution in [0, 0.1) is 0 Å². The largest absolute Gasteiger partial charge is 0.353 e. The molecule has 1 amide bonds. The second-order valence-electron chi connectivity index (χ2n) is 7.17. The fourth-order valence-corrected chi connectivity index (χ4v) is 4.20. The number of carbonyl (C=O) groups excluding carboxylic acids is 1. The molecule has 3 rings (SSSR count). The first-order chi connectivity index (χ1) is 14.3. The van der Waals surface area contributed by atoms with Gasteiger partial charge in [-0.05, 0) is 43.7 Å². The van der Waals surface area contributed by atoms with Gasteiger partial charge in [-0.1, -0.05) is 18.5 Å². The standard InChI is InChI=1S/C20H26ClN5O3S/c1-3-14(2)24-20(27)18-12-16(13-23-19(18)26-10-8-22-9-11-26)25-30(28,29)17-6-4-15(21)5-7-17/h4-7,12-14,22,25H,3,8-11H2,1-2H3,(H,24,27)/t14-/m1/s1. The summed E-state index contributed by atoms with van der Waals surface area (Å²) in [5.41, 5.74) is 0.562. The lowest BCUT2D eigenvalue weighted by molar-refractivity contribution is 0.0939. The van der Waals surface area contributed by atoms with Crippen LogP contribution in [0.3, 0.4) is 0 Å². The number of nitrogens with one attached hydrogen (secondary N) is 3. The number of sulfonamides is 1. The Hall–Kier alpha value is -2.36. The number of anilines is 2. The van der Waals surface area contributed by atoms with Gasteiger partial charge in [-0.2, -0.15) is 0 Å². The molecular formula is C20H26ClN5O3S. The van der Waals surface area contributed by atoms with Crippen LogP contribution in [0.15, 0.2) is 41.4 Å². The molecule has 1 aromatic heterocycles. The number of piperazine rings is 1. The molecule has 1 aliphatic heterocycles. The second-order valence-corrected chi connectivity index (χ2v) is 9.29. The Labute approximate surface area is 182 Å². The number of aromatic nitrogens is 1. The fraction of sp³-hybridized carbons (Fsp3) is 0.400. The maximum absolute atomic E-state index is 12.9. The van der Waals surface area contributed by atoms with E-state index in [1.54, 1.807) is 0 Å². The highest BCUT2D eigenvalue weighted by Crippen LogP contribution is 2.24. The smallest absolute Gasteiger partial charge is 0.261 e. The van der Waals surface area contributed by atoms with Gasteiger partial charge in [-0.15, -0.1) is 0 Å². The Morgan fingerprint density at radius 3 is 2.57 bits per heavy atom. The van der Waals surface area contributed by atoms with E-state index in [1.165, 1.54) is 36.5 Å². The van der Waals surface area contributed by atoms with E-state index < -0.39 is 10.0 Å². The van der Waals surface area contributed by atoms with Crippen LogP contribution in [0.5, 0.6) is 0 Å². The SMILES string of the molecule is CC[C@@H](C)NC(=O)c1cc(NS(=O)(=O)c2ccc(Cl)cc2)cnc1N1CCNCC1. The summed E-state index contributed by atoms with van der Waals surface area (Å²) < 4.78 is 27.9. The molecule has 2 heterocycles. The summed E-state index contributed by atoms with van der Waals surface area (Å²) in [6, 6.07) is 7.38. The Morgan fingerprint density at radius 2 is 1.93 bits per heavy atom. The number of amides is 1. The number of benzene rings is 1. The van der Waals surface area contributed by atoms with Gasteiger partial charge in [0.15, 0.2) is 0 Å². The maximum atomic E-state index is 12.9. The molecule has 0 saturated carbocycles. The summed E-state index contributed by atoms with van der Waals surface area (Å²) in [6.07, 6.45) is 2.22. The van der Waals surface area contributed by atoms with E-state index in [0.717, 1.165) is 19.5 Å². The molecule has 0 aliphatic carbocycles. The molecule has 3 N–H and O–H groups in total. The van der Waals surface area contributed by atoms with Crippen molar-refractivity contribution in [1.29, 1.82) is 0 Å². The number of carbonyl (C=O) groups is 1. The first kappa shape index (κ1) is 22.3. The molecule has 162 valence electrons. The highest BCUT2D eigenvalue weighted by molar-refractivity contribution is 7.92. The predicted molar refractivity (Wildman–Crippen MR) is 119 cm³/mol. The van der Waals surface area contributed by atoms with E-state index in [4.69, 9.17) is 11.6 Å². The van der Waals surface area contributed by atoms with Gasteiger partial charge >= 0.3 is 0 Å². The normalized spacial score (nSPS) is 15.5. The van der Waals surface area contributed by atoms with E-state index in [2.05, 4.69) is 20.3 Å². The molecule has 1 aromatic carbocycles. The quantitative estimate of drug-likeness (QED) is 0.597. The van der Waals surface area contributed by atoms with Gasteiger partial charge in [0.25, 0.3) is 15.9 Å². The van der Waals surface area contributed by atoms with Crippen molar-refractivity contribution in [3.8, 4) is 0 Å². The van der Waals surface area contributed by atoms with Gasteiger partial charge in [0.1, 0.15) is 5.82 Å². The maximum Gasteiger partial charge on any atom is 0.261 e. The van der Waals surface area contributed by atoms with Crippen LogP contribution in [0.4, 0.5) is 11.5 Å². The van der Waals surface area contributed by atoms with Crippen molar-refractivity contribution >= 4 is 39.0 Å². The number of nitrogens with zero attached hydrogens (tertiary/aromatic N) is 2. The summed E-state index contributed by atoms with van der Waals surface area (Å²) in [5.74, 6) is 0.268. The monoisotopic (exact) mass is 451 g/mol. The van der Waals surface area contributed by atoms with Crippen molar-refractivity contribution in [2.45, 2.75) is 31.2 Å². The molecule has 10 heteroatoms. The third-order valence-corrected chi connectivity index (χ3v) is 6.54. The van der Waals surface area contributed by atoms with Crippen LogP contribution >= 0.6 is 11.6 Å². The highest BCUT2D eigenvalue weighted by atomic mass is 35.5. The second kappa shape index (κ2) is 9.63. The minimum Gasteiger partial charge on any atom is -0.353 e. The minimum atomic E-state index is -3.84. The third kappa shape index (κ3) is 5.41. The van der Waals surface area contributed by atoms with Gasteiger partial charge in [0.2, 0.25) is 0 Å². The zero-order valence-electron chi connectivity index (χ0n) is 17.0. The molecule has 0 unspecified atom stereocenters. The molecule has 0 radical (unpaired) electrons. The molecule has 1 fully saturated rings. The molecule has 30 heavy (non-hydrogen) atoms. The van der Waals surface area contributed by atoms with Crippen molar-refractivity contribution in [3.63, 3.8) is 0 Å². The van der Waals surface area contributed by atoms with Gasteiger partial charge in [0.05, 0.1) is 22.3 Å². The van der Waals surface area contributed by atoms with Gasteiger partial charge in [-0.25, -0.2) is 13.4 Å². The Bertz CT molecular complexity index is 992.